The monoisotopic (exact) mass is 185 g/mol. The number of nitrogens with zero attached hydrogens (tertiary/aromatic N) is 2. The first kappa shape index (κ1) is 11.9. The number of esters is 1. The van der Waals surface area contributed by atoms with Crippen LogP contribution < -0.4 is 5.32 Å². The Morgan fingerprint density at radius 1 is 1.69 bits per heavy atom. The van der Waals surface area contributed by atoms with Crippen molar-refractivity contribution in [3.8, 4) is 6.07 Å². The number of nitrogens with one attached hydrogen (secondary N) is 1. The van der Waals surface area contributed by atoms with E-state index < -0.39 is 12.0 Å². The number of hydrogen-bond donors (Lipinski definition) is 1. The van der Waals surface area contributed by atoms with Crippen LogP contribution in [-0.2, 0) is 9.53 Å². The standard InChI is InChI=1S/C8H15N3O2/c1-11(2)5-4-10-7(6-9)8(12)13-3/h7,10H,4-5H2,1-3H3. The molecule has 0 saturated heterocycles. The zero-order chi connectivity index (χ0) is 10.3. The van der Waals surface area contributed by atoms with Crippen LogP contribution in [0.1, 0.15) is 0 Å². The Hall–Kier alpha value is -1.12. The highest BCUT2D eigenvalue weighted by atomic mass is 16.5. The SMILES string of the molecule is COC(=O)C(C#N)NCCN(C)C. The highest BCUT2D eigenvalue weighted by molar-refractivity contribution is 5.78. The number of rotatable bonds is 5. The zero-order valence-corrected chi connectivity index (χ0v) is 8.20. The van der Waals surface area contributed by atoms with Crippen LogP contribution in [0.5, 0.6) is 0 Å². The summed E-state index contributed by atoms with van der Waals surface area (Å²) in [6.07, 6.45) is 0. The molecule has 0 fully saturated rings. The van der Waals surface area contributed by atoms with Crippen molar-refractivity contribution >= 4 is 5.97 Å². The molecule has 0 amide bonds. The summed E-state index contributed by atoms with van der Waals surface area (Å²) >= 11 is 0. The van der Waals surface area contributed by atoms with Gasteiger partial charge in [0.25, 0.3) is 0 Å². The fourth-order valence-corrected chi connectivity index (χ4v) is 0.732. The van der Waals surface area contributed by atoms with Crippen molar-refractivity contribution in [3.63, 3.8) is 0 Å². The lowest BCUT2D eigenvalue weighted by molar-refractivity contribution is -0.141. The molecule has 0 heterocycles. The van der Waals surface area contributed by atoms with Crippen molar-refractivity contribution in [2.24, 2.45) is 0 Å². The van der Waals surface area contributed by atoms with E-state index in [0.717, 1.165) is 6.54 Å². The van der Waals surface area contributed by atoms with E-state index in [1.54, 1.807) is 0 Å². The Balaban J connectivity index is 3.75. The molecule has 1 atom stereocenters. The van der Waals surface area contributed by atoms with Gasteiger partial charge in [-0.3, -0.25) is 5.32 Å². The Morgan fingerprint density at radius 3 is 2.69 bits per heavy atom. The summed E-state index contributed by atoms with van der Waals surface area (Å²) in [5.41, 5.74) is 0. The second kappa shape index (κ2) is 6.40. The molecule has 0 aromatic heterocycles. The van der Waals surface area contributed by atoms with Gasteiger partial charge < -0.3 is 9.64 Å². The molecule has 5 nitrogen and oxygen atoms in total. The number of ether oxygens (including phenoxy) is 1. The van der Waals surface area contributed by atoms with Gasteiger partial charge >= 0.3 is 5.97 Å². The first-order valence-corrected chi connectivity index (χ1v) is 3.97. The average molecular weight is 185 g/mol. The summed E-state index contributed by atoms with van der Waals surface area (Å²) in [4.78, 5) is 12.9. The van der Waals surface area contributed by atoms with Gasteiger partial charge in [0.15, 0.2) is 6.04 Å². The molecule has 0 bridgehead atoms. The van der Waals surface area contributed by atoms with Crippen LogP contribution in [0.3, 0.4) is 0 Å². The van der Waals surface area contributed by atoms with Gasteiger partial charge in [-0.1, -0.05) is 0 Å². The number of methoxy groups -OCH3 is 1. The molecule has 0 aliphatic carbocycles. The molecule has 0 aliphatic rings. The molecule has 0 rings (SSSR count). The van der Waals surface area contributed by atoms with E-state index in [-0.39, 0.29) is 0 Å². The van der Waals surface area contributed by atoms with Gasteiger partial charge in [-0.05, 0) is 14.1 Å². The molecule has 74 valence electrons. The van der Waals surface area contributed by atoms with E-state index in [1.165, 1.54) is 7.11 Å². The Kier molecular flexibility index (Phi) is 5.85. The number of hydrogen-bond acceptors (Lipinski definition) is 5. The predicted octanol–water partition coefficient (Wildman–Crippen LogP) is -0.797. The second-order valence-corrected chi connectivity index (χ2v) is 2.84. The largest absolute Gasteiger partial charge is 0.467 e. The van der Waals surface area contributed by atoms with E-state index in [2.05, 4.69) is 10.1 Å². The molecule has 1 unspecified atom stereocenters. The van der Waals surface area contributed by atoms with Gasteiger partial charge in [0, 0.05) is 13.1 Å². The van der Waals surface area contributed by atoms with Crippen LogP contribution in [0.4, 0.5) is 0 Å². The van der Waals surface area contributed by atoms with Gasteiger partial charge in [-0.2, -0.15) is 5.26 Å². The number of likely N-dealkylation sites (N-methyl/N-ethyl adjacent to an activating group) is 1. The third-order valence-electron chi connectivity index (χ3n) is 1.47. The number of nitriles is 1. The summed E-state index contributed by atoms with van der Waals surface area (Å²) in [7, 11) is 5.10. The molecule has 0 saturated carbocycles. The molecule has 13 heavy (non-hydrogen) atoms. The van der Waals surface area contributed by atoms with Gasteiger partial charge in [-0.15, -0.1) is 0 Å². The molecular weight excluding hydrogens is 170 g/mol. The Bertz CT molecular complexity index is 198. The molecule has 0 aromatic carbocycles. The van der Waals surface area contributed by atoms with Crippen molar-refractivity contribution in [2.45, 2.75) is 6.04 Å². The molecule has 0 radical (unpaired) electrons. The minimum Gasteiger partial charge on any atom is -0.467 e. The maximum atomic E-state index is 10.9. The van der Waals surface area contributed by atoms with E-state index in [9.17, 15) is 4.79 Å². The minimum absolute atomic E-state index is 0.541. The third-order valence-corrected chi connectivity index (χ3v) is 1.47. The van der Waals surface area contributed by atoms with Gasteiger partial charge in [0.1, 0.15) is 0 Å². The normalized spacial score (nSPS) is 12.2. The quantitative estimate of drug-likeness (QED) is 0.568. The first-order chi connectivity index (χ1) is 6.11. The molecule has 1 N–H and O–H groups in total. The molecule has 0 aromatic rings. The fourth-order valence-electron chi connectivity index (χ4n) is 0.732. The van der Waals surface area contributed by atoms with E-state index >= 15 is 0 Å². The van der Waals surface area contributed by atoms with Crippen LogP contribution in [0.2, 0.25) is 0 Å². The molecular formula is C8H15N3O2. The third kappa shape index (κ3) is 5.17. The summed E-state index contributed by atoms with van der Waals surface area (Å²) < 4.78 is 4.42. The smallest absolute Gasteiger partial charge is 0.337 e. The highest BCUT2D eigenvalue weighted by Crippen LogP contribution is 1.85. The van der Waals surface area contributed by atoms with E-state index in [4.69, 9.17) is 5.26 Å². The molecule has 5 heteroatoms. The average Bonchev–Trinajstić information content (AvgIpc) is 2.11. The topological polar surface area (TPSA) is 65.4 Å². The predicted molar refractivity (Wildman–Crippen MR) is 48.0 cm³/mol. The number of carbonyl (C=O) groups is 1. The lowest BCUT2D eigenvalue weighted by Gasteiger charge is -2.12. The van der Waals surface area contributed by atoms with Crippen molar-refractivity contribution < 1.29 is 9.53 Å². The van der Waals surface area contributed by atoms with Crippen LogP contribution in [0.15, 0.2) is 0 Å². The Morgan fingerprint density at radius 2 is 2.31 bits per heavy atom. The van der Waals surface area contributed by atoms with Crippen LogP contribution in [-0.4, -0.2) is 51.2 Å². The summed E-state index contributed by atoms with van der Waals surface area (Å²) in [5, 5.41) is 11.3. The maximum Gasteiger partial charge on any atom is 0.337 e. The van der Waals surface area contributed by atoms with Crippen molar-refractivity contribution in [3.05, 3.63) is 0 Å². The second-order valence-electron chi connectivity index (χ2n) is 2.84. The maximum absolute atomic E-state index is 10.9. The Labute approximate surface area is 78.3 Å². The molecule has 0 spiro atoms. The van der Waals surface area contributed by atoms with Gasteiger partial charge in [0.05, 0.1) is 13.2 Å². The lowest BCUT2D eigenvalue weighted by atomic mass is 10.3. The molecule has 0 aliphatic heterocycles. The minimum atomic E-state index is -0.857. The summed E-state index contributed by atoms with van der Waals surface area (Å²) in [5.74, 6) is -0.541. The summed E-state index contributed by atoms with van der Waals surface area (Å²) in [6.45, 7) is 1.36. The van der Waals surface area contributed by atoms with Gasteiger partial charge in [-0.25, -0.2) is 4.79 Å². The summed E-state index contributed by atoms with van der Waals surface area (Å²) in [6, 6.07) is 0.966. The first-order valence-electron chi connectivity index (χ1n) is 3.97. The van der Waals surface area contributed by atoms with Crippen molar-refractivity contribution in [1.82, 2.24) is 10.2 Å². The van der Waals surface area contributed by atoms with Crippen molar-refractivity contribution in [1.29, 1.82) is 5.26 Å². The highest BCUT2D eigenvalue weighted by Gasteiger charge is 2.16. The van der Waals surface area contributed by atoms with Crippen molar-refractivity contribution in [2.75, 3.05) is 34.3 Å². The van der Waals surface area contributed by atoms with Crippen LogP contribution in [0.25, 0.3) is 0 Å². The van der Waals surface area contributed by atoms with Crippen LogP contribution in [0, 0.1) is 11.3 Å². The van der Waals surface area contributed by atoms with E-state index in [0.29, 0.717) is 6.54 Å². The van der Waals surface area contributed by atoms with Gasteiger partial charge in [0.2, 0.25) is 0 Å². The van der Waals surface area contributed by atoms with Crippen LogP contribution >= 0.6 is 0 Å². The van der Waals surface area contributed by atoms with E-state index in [1.807, 2.05) is 25.1 Å². The number of carbonyl (C=O) groups excluding carboxylic acids is 1. The zero-order valence-electron chi connectivity index (χ0n) is 8.20. The fraction of sp³-hybridized carbons (Fsp3) is 0.750. The lowest BCUT2D eigenvalue weighted by Crippen LogP contribution is -2.39.